The normalized spacial score (nSPS) is 13.8. The molecule has 0 saturated carbocycles. The topological polar surface area (TPSA) is 65.1 Å². The summed E-state index contributed by atoms with van der Waals surface area (Å²) in [4.78, 5) is 0.162. The number of rotatable bonds is 5. The first kappa shape index (κ1) is 17.6. The minimum absolute atomic E-state index is 0.162. The van der Waals surface area contributed by atoms with Crippen LogP contribution in [0.1, 0.15) is 11.1 Å². The van der Waals surface area contributed by atoms with E-state index >= 15 is 0 Å². The van der Waals surface area contributed by atoms with E-state index in [1.807, 2.05) is 25.1 Å². The molecule has 1 heterocycles. The van der Waals surface area contributed by atoms with Gasteiger partial charge in [-0.15, -0.1) is 0 Å². The van der Waals surface area contributed by atoms with Gasteiger partial charge in [0, 0.05) is 13.6 Å². The van der Waals surface area contributed by atoms with Gasteiger partial charge >= 0.3 is 0 Å². The van der Waals surface area contributed by atoms with Crippen LogP contribution in [0.3, 0.4) is 0 Å². The molecule has 2 aromatic rings. The maximum absolute atomic E-state index is 12.9. The van der Waals surface area contributed by atoms with E-state index in [4.69, 9.17) is 14.2 Å². The quantitative estimate of drug-likeness (QED) is 0.817. The molecule has 0 spiro atoms. The number of benzene rings is 2. The second-order valence-corrected chi connectivity index (χ2v) is 7.91. The van der Waals surface area contributed by atoms with Crippen molar-refractivity contribution in [2.45, 2.75) is 18.4 Å². The van der Waals surface area contributed by atoms with Gasteiger partial charge in [-0.1, -0.05) is 12.1 Å². The molecule has 2 aromatic carbocycles. The van der Waals surface area contributed by atoms with Crippen molar-refractivity contribution in [3.05, 3.63) is 47.5 Å². The Kier molecular flexibility index (Phi) is 4.87. The molecule has 0 unspecified atom stereocenters. The van der Waals surface area contributed by atoms with E-state index in [2.05, 4.69) is 0 Å². The monoisotopic (exact) mass is 363 g/mol. The molecule has 0 atom stereocenters. The zero-order valence-electron chi connectivity index (χ0n) is 14.5. The highest BCUT2D eigenvalue weighted by atomic mass is 32.2. The summed E-state index contributed by atoms with van der Waals surface area (Å²) in [6, 6.07) is 10.6. The van der Waals surface area contributed by atoms with Crippen LogP contribution in [0, 0.1) is 6.92 Å². The Bertz CT molecular complexity index is 879. The van der Waals surface area contributed by atoms with E-state index in [-0.39, 0.29) is 11.4 Å². The van der Waals surface area contributed by atoms with Crippen molar-refractivity contribution in [2.75, 3.05) is 27.4 Å². The molecular weight excluding hydrogens is 342 g/mol. The van der Waals surface area contributed by atoms with Crippen LogP contribution in [-0.4, -0.2) is 40.1 Å². The molecule has 0 amide bonds. The van der Waals surface area contributed by atoms with Gasteiger partial charge in [0.2, 0.25) is 10.0 Å². The summed E-state index contributed by atoms with van der Waals surface area (Å²) in [7, 11) is -0.675. The Balaban J connectivity index is 1.87. The van der Waals surface area contributed by atoms with Crippen molar-refractivity contribution >= 4 is 10.0 Å². The van der Waals surface area contributed by atoms with Gasteiger partial charge in [0.15, 0.2) is 11.5 Å². The van der Waals surface area contributed by atoms with Crippen molar-refractivity contribution in [1.29, 1.82) is 0 Å². The molecular formula is C18H21NO5S. The van der Waals surface area contributed by atoms with Gasteiger partial charge < -0.3 is 14.2 Å². The number of ether oxygens (including phenoxy) is 3. The van der Waals surface area contributed by atoms with Crippen LogP contribution in [-0.2, 0) is 16.6 Å². The van der Waals surface area contributed by atoms with E-state index in [0.717, 1.165) is 11.1 Å². The summed E-state index contributed by atoms with van der Waals surface area (Å²) in [5, 5.41) is 0. The fraction of sp³-hybridized carbons (Fsp3) is 0.333. The largest absolute Gasteiger partial charge is 0.495 e. The summed E-state index contributed by atoms with van der Waals surface area (Å²) in [6.45, 7) is 3.08. The van der Waals surface area contributed by atoms with Gasteiger partial charge in [-0.2, -0.15) is 4.31 Å². The first-order valence-electron chi connectivity index (χ1n) is 7.91. The zero-order chi connectivity index (χ0) is 18.0. The molecule has 134 valence electrons. The number of aryl methyl sites for hydroxylation is 1. The van der Waals surface area contributed by atoms with Crippen molar-refractivity contribution in [1.82, 2.24) is 4.31 Å². The third-order valence-corrected chi connectivity index (χ3v) is 5.84. The predicted molar refractivity (Wildman–Crippen MR) is 93.8 cm³/mol. The Morgan fingerprint density at radius 1 is 1.08 bits per heavy atom. The van der Waals surface area contributed by atoms with Crippen LogP contribution < -0.4 is 14.2 Å². The molecule has 0 bridgehead atoms. The number of hydrogen-bond donors (Lipinski definition) is 0. The smallest absolute Gasteiger partial charge is 0.246 e. The van der Waals surface area contributed by atoms with Crippen LogP contribution in [0.15, 0.2) is 41.3 Å². The summed E-state index contributed by atoms with van der Waals surface area (Å²) in [5.41, 5.74) is 1.68. The third-order valence-electron chi connectivity index (χ3n) is 4.02. The lowest BCUT2D eigenvalue weighted by Gasteiger charge is -2.22. The SMILES string of the molecule is COc1ccc(C)cc1S(=O)(=O)N(C)Cc1ccc2c(c1)OCCO2. The van der Waals surface area contributed by atoms with Gasteiger partial charge in [-0.3, -0.25) is 0 Å². The highest BCUT2D eigenvalue weighted by Gasteiger charge is 2.25. The third kappa shape index (κ3) is 3.57. The first-order valence-corrected chi connectivity index (χ1v) is 9.35. The molecule has 0 N–H and O–H groups in total. The molecule has 1 aliphatic rings. The average molecular weight is 363 g/mol. The summed E-state index contributed by atoms with van der Waals surface area (Å²) >= 11 is 0. The summed E-state index contributed by atoms with van der Waals surface area (Å²) in [6.07, 6.45) is 0. The number of hydrogen-bond acceptors (Lipinski definition) is 5. The minimum atomic E-state index is -3.69. The Morgan fingerprint density at radius 3 is 2.52 bits per heavy atom. The Hall–Kier alpha value is -2.25. The van der Waals surface area contributed by atoms with Crippen LogP contribution in [0.4, 0.5) is 0 Å². The maximum atomic E-state index is 12.9. The number of nitrogens with zero attached hydrogens (tertiary/aromatic N) is 1. The standard InChI is InChI=1S/C18H21NO5S/c1-13-4-6-16(22-3)18(10-13)25(20,21)19(2)12-14-5-7-15-17(11-14)24-9-8-23-15/h4-7,10-11H,8-9,12H2,1-3H3. The highest BCUT2D eigenvalue weighted by molar-refractivity contribution is 7.89. The predicted octanol–water partition coefficient (Wildman–Crippen LogP) is 2.60. The summed E-state index contributed by atoms with van der Waals surface area (Å²) < 4.78 is 43.5. The molecule has 0 fully saturated rings. The van der Waals surface area contributed by atoms with E-state index in [1.165, 1.54) is 11.4 Å². The fourth-order valence-corrected chi connectivity index (χ4v) is 4.08. The fourth-order valence-electron chi connectivity index (χ4n) is 2.68. The molecule has 3 rings (SSSR count). The van der Waals surface area contributed by atoms with Crippen LogP contribution in [0.5, 0.6) is 17.2 Å². The second-order valence-electron chi connectivity index (χ2n) is 5.89. The van der Waals surface area contributed by atoms with Gasteiger partial charge in [-0.05, 0) is 42.3 Å². The van der Waals surface area contributed by atoms with Crippen molar-refractivity contribution in [2.24, 2.45) is 0 Å². The summed E-state index contributed by atoms with van der Waals surface area (Å²) in [5.74, 6) is 1.66. The van der Waals surface area contributed by atoms with Crippen molar-refractivity contribution < 1.29 is 22.6 Å². The van der Waals surface area contributed by atoms with Crippen LogP contribution in [0.2, 0.25) is 0 Å². The number of sulfonamides is 1. The van der Waals surface area contributed by atoms with Crippen LogP contribution in [0.25, 0.3) is 0 Å². The Labute approximate surface area is 148 Å². The van der Waals surface area contributed by atoms with Crippen LogP contribution >= 0.6 is 0 Å². The minimum Gasteiger partial charge on any atom is -0.495 e. The van der Waals surface area contributed by atoms with Crippen molar-refractivity contribution in [3.8, 4) is 17.2 Å². The van der Waals surface area contributed by atoms with Gasteiger partial charge in [-0.25, -0.2) is 8.42 Å². The van der Waals surface area contributed by atoms with Gasteiger partial charge in [0.1, 0.15) is 23.9 Å². The van der Waals surface area contributed by atoms with Crippen molar-refractivity contribution in [3.63, 3.8) is 0 Å². The number of fused-ring (bicyclic) bond motifs is 1. The molecule has 25 heavy (non-hydrogen) atoms. The maximum Gasteiger partial charge on any atom is 0.246 e. The Morgan fingerprint density at radius 2 is 1.80 bits per heavy atom. The zero-order valence-corrected chi connectivity index (χ0v) is 15.3. The molecule has 1 aliphatic heterocycles. The second kappa shape index (κ2) is 6.93. The molecule has 7 heteroatoms. The lowest BCUT2D eigenvalue weighted by molar-refractivity contribution is 0.171. The molecule has 0 aliphatic carbocycles. The molecule has 0 saturated heterocycles. The van der Waals surface area contributed by atoms with Gasteiger partial charge in [0.05, 0.1) is 7.11 Å². The highest BCUT2D eigenvalue weighted by Crippen LogP contribution is 2.32. The average Bonchev–Trinajstić information content (AvgIpc) is 2.61. The molecule has 6 nitrogen and oxygen atoms in total. The van der Waals surface area contributed by atoms with E-state index in [0.29, 0.717) is 30.5 Å². The number of methoxy groups -OCH3 is 1. The lowest BCUT2D eigenvalue weighted by Crippen LogP contribution is -2.27. The van der Waals surface area contributed by atoms with Gasteiger partial charge in [0.25, 0.3) is 0 Å². The van der Waals surface area contributed by atoms with E-state index < -0.39 is 10.0 Å². The molecule has 0 aromatic heterocycles. The van der Waals surface area contributed by atoms with E-state index in [9.17, 15) is 8.42 Å². The van der Waals surface area contributed by atoms with E-state index in [1.54, 1.807) is 25.2 Å². The lowest BCUT2D eigenvalue weighted by atomic mass is 10.2. The molecule has 0 radical (unpaired) electrons. The first-order chi connectivity index (χ1) is 11.9.